The summed E-state index contributed by atoms with van der Waals surface area (Å²) >= 11 is 0. The molecule has 0 radical (unpaired) electrons. The number of ether oxygens (including phenoxy) is 1. The average Bonchev–Trinajstić information content (AvgIpc) is 3.08. The number of carbonyl (C=O) groups is 1. The van der Waals surface area contributed by atoms with Crippen molar-refractivity contribution in [3.8, 4) is 0 Å². The lowest BCUT2D eigenvalue weighted by Gasteiger charge is -2.11. The predicted octanol–water partition coefficient (Wildman–Crippen LogP) is 3.19. The quantitative estimate of drug-likeness (QED) is 0.500. The van der Waals surface area contributed by atoms with Gasteiger partial charge in [0.2, 0.25) is 5.95 Å². The number of fused-ring (bicyclic) bond motifs is 1. The Morgan fingerprint density at radius 1 is 1.23 bits per heavy atom. The highest BCUT2D eigenvalue weighted by Crippen LogP contribution is 2.18. The van der Waals surface area contributed by atoms with Crippen LogP contribution >= 0.6 is 0 Å². The van der Waals surface area contributed by atoms with E-state index in [1.54, 1.807) is 20.8 Å². The molecule has 7 nitrogen and oxygen atoms in total. The number of aromatic nitrogens is 4. The zero-order chi connectivity index (χ0) is 18.5. The number of esters is 1. The lowest BCUT2D eigenvalue weighted by Crippen LogP contribution is -2.14. The Labute approximate surface area is 152 Å². The van der Waals surface area contributed by atoms with Gasteiger partial charge in [0, 0.05) is 11.9 Å². The van der Waals surface area contributed by atoms with Crippen LogP contribution in [0, 0.1) is 13.8 Å². The Morgan fingerprint density at radius 3 is 2.73 bits per heavy atom. The Hall–Kier alpha value is -2.96. The van der Waals surface area contributed by atoms with Crippen molar-refractivity contribution in [2.75, 3.05) is 18.5 Å². The van der Waals surface area contributed by atoms with Crippen LogP contribution in [0.5, 0.6) is 0 Å². The second-order valence-electron chi connectivity index (χ2n) is 6.09. The van der Waals surface area contributed by atoms with Crippen LogP contribution in [0.4, 0.5) is 5.95 Å². The van der Waals surface area contributed by atoms with Gasteiger partial charge in [0.05, 0.1) is 29.7 Å². The SMILES string of the molecule is CCOC(=O)c1c(C)nc(NCCCc2cccc3[nH]ncc23)nc1C. The van der Waals surface area contributed by atoms with Crippen LogP contribution in [0.25, 0.3) is 10.9 Å². The lowest BCUT2D eigenvalue weighted by molar-refractivity contribution is 0.0523. The largest absolute Gasteiger partial charge is 0.462 e. The predicted molar refractivity (Wildman–Crippen MR) is 100 cm³/mol. The van der Waals surface area contributed by atoms with Gasteiger partial charge in [-0.15, -0.1) is 0 Å². The number of hydrogen-bond acceptors (Lipinski definition) is 6. The first-order chi connectivity index (χ1) is 12.6. The van der Waals surface area contributed by atoms with Crippen molar-refractivity contribution in [3.05, 3.63) is 46.9 Å². The number of rotatable bonds is 7. The second kappa shape index (κ2) is 7.95. The van der Waals surface area contributed by atoms with Crippen LogP contribution in [-0.2, 0) is 11.2 Å². The average molecular weight is 353 g/mol. The molecular weight excluding hydrogens is 330 g/mol. The van der Waals surface area contributed by atoms with E-state index in [1.165, 1.54) is 5.56 Å². The van der Waals surface area contributed by atoms with Gasteiger partial charge in [-0.05, 0) is 45.2 Å². The molecule has 3 aromatic rings. The minimum Gasteiger partial charge on any atom is -0.462 e. The van der Waals surface area contributed by atoms with Gasteiger partial charge in [0.15, 0.2) is 0 Å². The smallest absolute Gasteiger partial charge is 0.341 e. The third kappa shape index (κ3) is 3.82. The van der Waals surface area contributed by atoms with Crippen molar-refractivity contribution < 1.29 is 9.53 Å². The molecule has 2 aromatic heterocycles. The highest BCUT2D eigenvalue weighted by Gasteiger charge is 2.17. The molecule has 0 aliphatic carbocycles. The topological polar surface area (TPSA) is 92.8 Å². The zero-order valence-corrected chi connectivity index (χ0v) is 15.3. The van der Waals surface area contributed by atoms with E-state index < -0.39 is 0 Å². The summed E-state index contributed by atoms with van der Waals surface area (Å²) in [5, 5.41) is 11.5. The number of benzene rings is 1. The maximum atomic E-state index is 12.0. The standard InChI is InChI=1S/C19H23N5O2/c1-4-26-18(25)17-12(2)22-19(23-13(17)3)20-10-6-8-14-7-5-9-16-15(14)11-21-24-16/h5,7,9,11H,4,6,8,10H2,1-3H3,(H,21,24)(H,20,22,23). The van der Waals surface area contributed by atoms with Crippen molar-refractivity contribution in [3.63, 3.8) is 0 Å². The van der Waals surface area contributed by atoms with E-state index in [9.17, 15) is 4.79 Å². The maximum Gasteiger partial charge on any atom is 0.341 e. The normalized spacial score (nSPS) is 10.9. The summed E-state index contributed by atoms with van der Waals surface area (Å²) in [7, 11) is 0. The zero-order valence-electron chi connectivity index (χ0n) is 15.3. The molecule has 0 saturated heterocycles. The Morgan fingerprint density at radius 2 is 2.00 bits per heavy atom. The minimum atomic E-state index is -0.373. The van der Waals surface area contributed by atoms with Crippen molar-refractivity contribution in [1.82, 2.24) is 20.2 Å². The van der Waals surface area contributed by atoms with Gasteiger partial charge in [-0.2, -0.15) is 5.10 Å². The molecule has 0 saturated carbocycles. The molecule has 0 amide bonds. The number of hydrogen-bond donors (Lipinski definition) is 2. The molecule has 2 N–H and O–H groups in total. The molecule has 3 rings (SSSR count). The molecule has 0 fully saturated rings. The molecule has 1 aromatic carbocycles. The number of nitrogens with zero attached hydrogens (tertiary/aromatic N) is 3. The van der Waals surface area contributed by atoms with Crippen molar-refractivity contribution in [2.45, 2.75) is 33.6 Å². The first kappa shape index (κ1) is 17.8. The molecule has 0 bridgehead atoms. The summed E-state index contributed by atoms with van der Waals surface area (Å²) < 4.78 is 5.06. The van der Waals surface area contributed by atoms with E-state index in [4.69, 9.17) is 4.74 Å². The van der Waals surface area contributed by atoms with Crippen molar-refractivity contribution in [2.24, 2.45) is 0 Å². The number of nitrogens with one attached hydrogen (secondary N) is 2. The molecule has 7 heteroatoms. The summed E-state index contributed by atoms with van der Waals surface area (Å²) in [6.07, 6.45) is 3.73. The van der Waals surface area contributed by atoms with Crippen LogP contribution in [0.2, 0.25) is 0 Å². The third-order valence-corrected chi connectivity index (χ3v) is 4.23. The Kier molecular flexibility index (Phi) is 5.46. The van der Waals surface area contributed by atoms with Crippen LogP contribution in [0.3, 0.4) is 0 Å². The second-order valence-corrected chi connectivity index (χ2v) is 6.09. The van der Waals surface area contributed by atoms with Crippen LogP contribution in [-0.4, -0.2) is 39.3 Å². The summed E-state index contributed by atoms with van der Waals surface area (Å²) in [5.41, 5.74) is 4.02. The maximum absolute atomic E-state index is 12.0. The van der Waals surface area contributed by atoms with Crippen LogP contribution < -0.4 is 5.32 Å². The number of H-pyrrole nitrogens is 1. The van der Waals surface area contributed by atoms with Gasteiger partial charge in [-0.1, -0.05) is 12.1 Å². The van der Waals surface area contributed by atoms with Gasteiger partial charge < -0.3 is 10.1 Å². The number of anilines is 1. The van der Waals surface area contributed by atoms with Crippen molar-refractivity contribution >= 4 is 22.8 Å². The molecule has 26 heavy (non-hydrogen) atoms. The first-order valence-electron chi connectivity index (χ1n) is 8.77. The number of carbonyl (C=O) groups excluding carboxylic acids is 1. The first-order valence-corrected chi connectivity index (χ1v) is 8.77. The Bertz CT molecular complexity index is 896. The summed E-state index contributed by atoms with van der Waals surface area (Å²) in [6, 6.07) is 6.18. The third-order valence-electron chi connectivity index (χ3n) is 4.23. The molecule has 0 aliphatic heterocycles. The van der Waals surface area contributed by atoms with E-state index in [1.807, 2.05) is 18.3 Å². The van der Waals surface area contributed by atoms with Gasteiger partial charge >= 0.3 is 5.97 Å². The summed E-state index contributed by atoms with van der Waals surface area (Å²) in [5.74, 6) is 0.164. The summed E-state index contributed by atoms with van der Waals surface area (Å²) in [6.45, 7) is 6.45. The van der Waals surface area contributed by atoms with E-state index in [0.29, 0.717) is 29.5 Å². The molecule has 0 atom stereocenters. The molecule has 0 aliphatic rings. The van der Waals surface area contributed by atoms with E-state index >= 15 is 0 Å². The molecule has 136 valence electrons. The number of aromatic amines is 1. The van der Waals surface area contributed by atoms with E-state index in [-0.39, 0.29) is 5.97 Å². The Balaban J connectivity index is 1.60. The number of aryl methyl sites for hydroxylation is 3. The fourth-order valence-electron chi connectivity index (χ4n) is 3.02. The molecule has 0 spiro atoms. The minimum absolute atomic E-state index is 0.334. The van der Waals surface area contributed by atoms with Gasteiger partial charge in [-0.3, -0.25) is 5.10 Å². The van der Waals surface area contributed by atoms with Gasteiger partial charge in [0.1, 0.15) is 5.56 Å². The molecule has 2 heterocycles. The lowest BCUT2D eigenvalue weighted by atomic mass is 10.1. The summed E-state index contributed by atoms with van der Waals surface area (Å²) in [4.78, 5) is 20.7. The highest BCUT2D eigenvalue weighted by molar-refractivity contribution is 5.91. The van der Waals surface area contributed by atoms with Crippen LogP contribution in [0.1, 0.15) is 40.7 Å². The van der Waals surface area contributed by atoms with E-state index in [0.717, 1.165) is 30.3 Å². The highest BCUT2D eigenvalue weighted by atomic mass is 16.5. The van der Waals surface area contributed by atoms with E-state index in [2.05, 4.69) is 31.5 Å². The van der Waals surface area contributed by atoms with Crippen molar-refractivity contribution in [1.29, 1.82) is 0 Å². The molecule has 0 unspecified atom stereocenters. The van der Waals surface area contributed by atoms with Gasteiger partial charge in [0.25, 0.3) is 0 Å². The monoisotopic (exact) mass is 353 g/mol. The molecular formula is C19H23N5O2. The fraction of sp³-hybridized carbons (Fsp3) is 0.368. The van der Waals surface area contributed by atoms with Crippen LogP contribution in [0.15, 0.2) is 24.4 Å². The fourth-order valence-corrected chi connectivity index (χ4v) is 3.02. The van der Waals surface area contributed by atoms with Gasteiger partial charge in [-0.25, -0.2) is 14.8 Å².